The number of amides is 1. The van der Waals surface area contributed by atoms with Crippen LogP contribution in [0.2, 0.25) is 0 Å². The van der Waals surface area contributed by atoms with Gasteiger partial charge in [-0.1, -0.05) is 13.8 Å². The van der Waals surface area contributed by atoms with Crippen LogP contribution in [0, 0.1) is 23.1 Å². The number of likely N-dealkylation sites (tertiary alicyclic amines) is 1. The van der Waals surface area contributed by atoms with Crippen LogP contribution >= 0.6 is 0 Å². The Labute approximate surface area is 173 Å². The second kappa shape index (κ2) is 9.27. The molecule has 2 fully saturated rings. The SMILES string of the molecule is CC(=O)c1ccc(OCCCC2CC3(CCN(C(=O)CC(C)C)CC3)C2)cc1F. The van der Waals surface area contributed by atoms with Crippen molar-refractivity contribution < 1.29 is 18.7 Å². The van der Waals surface area contributed by atoms with Crippen molar-refractivity contribution in [3.05, 3.63) is 29.6 Å². The number of ketones is 1. The first kappa shape index (κ1) is 21.8. The van der Waals surface area contributed by atoms with Gasteiger partial charge in [-0.3, -0.25) is 9.59 Å². The van der Waals surface area contributed by atoms with E-state index in [1.54, 1.807) is 6.07 Å². The third-order valence-corrected chi connectivity index (χ3v) is 6.55. The standard InChI is InChI=1S/C24H34FNO3/c1-17(2)13-23(28)26-10-8-24(9-11-26)15-19(16-24)5-4-12-29-20-6-7-21(18(3)27)22(25)14-20/h6-7,14,17,19H,4-5,8-13,15-16H2,1-3H3. The van der Waals surface area contributed by atoms with Crippen molar-refractivity contribution in [3.63, 3.8) is 0 Å². The summed E-state index contributed by atoms with van der Waals surface area (Å²) < 4.78 is 19.5. The molecule has 0 atom stereocenters. The molecule has 0 radical (unpaired) electrons. The zero-order valence-corrected chi connectivity index (χ0v) is 18.0. The van der Waals surface area contributed by atoms with Crippen LogP contribution < -0.4 is 4.74 Å². The van der Waals surface area contributed by atoms with Crippen molar-refractivity contribution >= 4 is 11.7 Å². The molecule has 1 saturated heterocycles. The summed E-state index contributed by atoms with van der Waals surface area (Å²) in [5.41, 5.74) is 0.570. The Morgan fingerprint density at radius 3 is 2.52 bits per heavy atom. The number of hydrogen-bond donors (Lipinski definition) is 0. The zero-order valence-electron chi connectivity index (χ0n) is 18.0. The van der Waals surface area contributed by atoms with Crippen molar-refractivity contribution in [2.45, 2.75) is 65.7 Å². The van der Waals surface area contributed by atoms with E-state index in [1.165, 1.54) is 31.9 Å². The van der Waals surface area contributed by atoms with Crippen molar-refractivity contribution in [3.8, 4) is 5.75 Å². The second-order valence-electron chi connectivity index (χ2n) is 9.44. The van der Waals surface area contributed by atoms with Crippen molar-refractivity contribution in [2.75, 3.05) is 19.7 Å². The van der Waals surface area contributed by atoms with Gasteiger partial charge in [0.05, 0.1) is 12.2 Å². The fourth-order valence-electron chi connectivity index (χ4n) is 4.92. The van der Waals surface area contributed by atoms with Crippen LogP contribution in [-0.4, -0.2) is 36.3 Å². The molecule has 1 aromatic rings. The average Bonchev–Trinajstić information content (AvgIpc) is 2.63. The van der Waals surface area contributed by atoms with Gasteiger partial charge in [0.25, 0.3) is 0 Å². The van der Waals surface area contributed by atoms with E-state index >= 15 is 0 Å². The van der Waals surface area contributed by atoms with Gasteiger partial charge in [0.2, 0.25) is 5.91 Å². The van der Waals surface area contributed by atoms with Crippen LogP contribution in [0.5, 0.6) is 5.75 Å². The molecule has 0 bridgehead atoms. The molecular formula is C24H34FNO3. The van der Waals surface area contributed by atoms with Gasteiger partial charge in [0, 0.05) is 25.6 Å². The third kappa shape index (κ3) is 5.58. The maximum atomic E-state index is 13.8. The zero-order chi connectivity index (χ0) is 21.0. The first-order valence-corrected chi connectivity index (χ1v) is 11.0. The molecule has 1 spiro atoms. The second-order valence-corrected chi connectivity index (χ2v) is 9.44. The van der Waals surface area contributed by atoms with Gasteiger partial charge in [0.1, 0.15) is 11.6 Å². The van der Waals surface area contributed by atoms with Gasteiger partial charge in [-0.2, -0.15) is 0 Å². The number of hydrogen-bond acceptors (Lipinski definition) is 3. The maximum Gasteiger partial charge on any atom is 0.222 e. The fraction of sp³-hybridized carbons (Fsp3) is 0.667. The molecular weight excluding hydrogens is 369 g/mol. The number of nitrogens with zero attached hydrogens (tertiary/aromatic N) is 1. The summed E-state index contributed by atoms with van der Waals surface area (Å²) in [7, 11) is 0. The first-order valence-electron chi connectivity index (χ1n) is 11.0. The minimum absolute atomic E-state index is 0.106. The van der Waals surface area contributed by atoms with Crippen LogP contribution in [0.15, 0.2) is 18.2 Å². The van der Waals surface area contributed by atoms with Gasteiger partial charge in [0.15, 0.2) is 5.78 Å². The molecule has 0 N–H and O–H groups in total. The summed E-state index contributed by atoms with van der Waals surface area (Å²) in [6.07, 6.45) is 7.57. The summed E-state index contributed by atoms with van der Waals surface area (Å²) in [4.78, 5) is 25.6. The maximum absolute atomic E-state index is 13.8. The minimum Gasteiger partial charge on any atom is -0.493 e. The quantitative estimate of drug-likeness (QED) is 0.440. The summed E-state index contributed by atoms with van der Waals surface area (Å²) in [5.74, 6) is 1.18. The summed E-state index contributed by atoms with van der Waals surface area (Å²) in [6, 6.07) is 4.44. The third-order valence-electron chi connectivity index (χ3n) is 6.55. The summed E-state index contributed by atoms with van der Waals surface area (Å²) >= 11 is 0. The number of carbonyl (C=O) groups excluding carboxylic acids is 2. The monoisotopic (exact) mass is 403 g/mol. The molecule has 29 heavy (non-hydrogen) atoms. The Morgan fingerprint density at radius 1 is 1.24 bits per heavy atom. The van der Waals surface area contributed by atoms with Crippen LogP contribution in [0.3, 0.4) is 0 Å². The molecule has 160 valence electrons. The molecule has 3 rings (SSSR count). The van der Waals surface area contributed by atoms with E-state index in [4.69, 9.17) is 4.74 Å². The molecule has 1 heterocycles. The molecule has 1 aliphatic carbocycles. The molecule has 1 amide bonds. The highest BCUT2D eigenvalue weighted by molar-refractivity contribution is 5.94. The van der Waals surface area contributed by atoms with E-state index in [1.807, 2.05) is 0 Å². The van der Waals surface area contributed by atoms with E-state index < -0.39 is 5.82 Å². The Kier molecular flexibility index (Phi) is 6.97. The number of carbonyl (C=O) groups is 2. The largest absolute Gasteiger partial charge is 0.493 e. The Hall–Kier alpha value is -1.91. The predicted octanol–water partition coefficient (Wildman–Crippen LogP) is 5.25. The number of benzene rings is 1. The van der Waals surface area contributed by atoms with Crippen molar-refractivity contribution in [1.82, 2.24) is 4.90 Å². The molecule has 5 heteroatoms. The van der Waals surface area contributed by atoms with Gasteiger partial charge >= 0.3 is 0 Å². The van der Waals surface area contributed by atoms with Crippen LogP contribution in [-0.2, 0) is 4.79 Å². The normalized spacial score (nSPS) is 18.7. The Morgan fingerprint density at radius 2 is 1.93 bits per heavy atom. The van der Waals surface area contributed by atoms with E-state index in [9.17, 15) is 14.0 Å². The predicted molar refractivity (Wildman–Crippen MR) is 112 cm³/mol. The number of rotatable bonds is 8. The summed E-state index contributed by atoms with van der Waals surface area (Å²) in [6.45, 7) is 7.96. The van der Waals surface area contributed by atoms with Crippen molar-refractivity contribution in [1.29, 1.82) is 0 Å². The van der Waals surface area contributed by atoms with Crippen LogP contribution in [0.1, 0.15) is 76.1 Å². The number of halogens is 1. The lowest BCUT2D eigenvalue weighted by Gasteiger charge is -2.52. The molecule has 4 nitrogen and oxygen atoms in total. The fourth-order valence-corrected chi connectivity index (χ4v) is 4.92. The topological polar surface area (TPSA) is 46.6 Å². The lowest BCUT2D eigenvalue weighted by molar-refractivity contribution is -0.136. The highest BCUT2D eigenvalue weighted by atomic mass is 19.1. The molecule has 0 unspecified atom stereocenters. The molecule has 0 aromatic heterocycles. The van der Waals surface area contributed by atoms with E-state index in [2.05, 4.69) is 18.7 Å². The lowest BCUT2D eigenvalue weighted by atomic mass is 9.56. The first-order chi connectivity index (χ1) is 13.8. The smallest absolute Gasteiger partial charge is 0.222 e. The number of Topliss-reactive ketones (excluding diaryl/α,β-unsaturated/α-hetero) is 1. The molecule has 1 aromatic carbocycles. The molecule has 1 aliphatic heterocycles. The van der Waals surface area contributed by atoms with E-state index in [-0.39, 0.29) is 11.3 Å². The van der Waals surface area contributed by atoms with Gasteiger partial charge in [-0.25, -0.2) is 4.39 Å². The highest BCUT2D eigenvalue weighted by Crippen LogP contribution is 2.54. The Bertz CT molecular complexity index is 730. The highest BCUT2D eigenvalue weighted by Gasteiger charge is 2.45. The van der Waals surface area contributed by atoms with Crippen LogP contribution in [0.4, 0.5) is 4.39 Å². The number of ether oxygens (including phenoxy) is 1. The minimum atomic E-state index is -0.519. The molecule has 2 aliphatic rings. The van der Waals surface area contributed by atoms with Gasteiger partial charge in [-0.05, 0) is 74.8 Å². The molecule has 1 saturated carbocycles. The van der Waals surface area contributed by atoms with Gasteiger partial charge < -0.3 is 9.64 Å². The average molecular weight is 404 g/mol. The van der Waals surface area contributed by atoms with E-state index in [0.29, 0.717) is 36.0 Å². The lowest BCUT2D eigenvalue weighted by Crippen LogP contribution is -2.48. The van der Waals surface area contributed by atoms with E-state index in [0.717, 1.165) is 44.7 Å². The summed E-state index contributed by atoms with van der Waals surface area (Å²) in [5, 5.41) is 0. The Balaban J connectivity index is 1.32. The van der Waals surface area contributed by atoms with Gasteiger partial charge in [-0.15, -0.1) is 0 Å². The van der Waals surface area contributed by atoms with Crippen molar-refractivity contribution in [2.24, 2.45) is 17.3 Å². The van der Waals surface area contributed by atoms with Crippen LogP contribution in [0.25, 0.3) is 0 Å². The number of piperidine rings is 1.